The van der Waals surface area contributed by atoms with Gasteiger partial charge >= 0.3 is 5.97 Å². The second-order valence-electron chi connectivity index (χ2n) is 11.6. The third kappa shape index (κ3) is 10.4. The van der Waals surface area contributed by atoms with E-state index in [0.29, 0.717) is 23.6 Å². The molecule has 250 valence electrons. The number of amides is 1. The van der Waals surface area contributed by atoms with Gasteiger partial charge in [0.1, 0.15) is 23.1 Å². The Labute approximate surface area is 289 Å². The highest BCUT2D eigenvalue weighted by molar-refractivity contribution is 7.91. The molecule has 1 atom stereocenters. The Bertz CT molecular complexity index is 1800. The van der Waals surface area contributed by atoms with Gasteiger partial charge in [-0.1, -0.05) is 56.1 Å². The van der Waals surface area contributed by atoms with Gasteiger partial charge in [0.15, 0.2) is 9.84 Å². The molecule has 0 spiro atoms. The predicted molar refractivity (Wildman–Crippen MR) is 183 cm³/mol. The third-order valence-corrected chi connectivity index (χ3v) is 10.0. The van der Waals surface area contributed by atoms with Crippen LogP contribution in [0.3, 0.4) is 0 Å². The van der Waals surface area contributed by atoms with E-state index in [2.05, 4.69) is 31.1 Å². The molecule has 1 aromatic heterocycles. The van der Waals surface area contributed by atoms with Gasteiger partial charge in [-0.15, -0.1) is 11.3 Å². The highest BCUT2D eigenvalue weighted by Gasteiger charge is 2.26. The van der Waals surface area contributed by atoms with E-state index in [9.17, 15) is 18.0 Å². The second kappa shape index (κ2) is 16.0. The normalized spacial score (nSPS) is 12.3. The average Bonchev–Trinajstić information content (AvgIpc) is 3.51. The number of benzene rings is 3. The molecule has 0 fully saturated rings. The molecule has 1 amide bonds. The molecular weight excluding hydrogens is 683 g/mol. The number of ether oxygens (including phenoxy) is 3. The fourth-order valence-electron chi connectivity index (χ4n) is 4.30. The Morgan fingerprint density at radius 3 is 2.43 bits per heavy atom. The van der Waals surface area contributed by atoms with Crippen molar-refractivity contribution in [3.05, 3.63) is 104 Å². The Morgan fingerprint density at radius 2 is 1.77 bits per heavy atom. The third-order valence-electron chi connectivity index (χ3n) is 6.83. The molecule has 0 aliphatic carbocycles. The van der Waals surface area contributed by atoms with Crippen molar-refractivity contribution in [1.82, 2.24) is 10.3 Å². The molecule has 47 heavy (non-hydrogen) atoms. The van der Waals surface area contributed by atoms with Crippen molar-refractivity contribution in [2.24, 2.45) is 0 Å². The predicted octanol–water partition coefficient (Wildman–Crippen LogP) is 7.43. The molecule has 1 unspecified atom stereocenters. The van der Waals surface area contributed by atoms with Crippen LogP contribution in [-0.4, -0.2) is 43.9 Å². The standard InChI is InChI=1S/C34H36Cl2N2O7S2/c1-5-43-33(40)32(38-31(39)23-9-6-10-25(19-23)44-20-30-37-29(21-46-30)34(2,3)4)45-28-16-11-22(18-27(28)36)8-7-17-47(41,42)26-14-12-24(35)13-15-26/h6,9-16,18-19,21,32H,5,7-8,17,20H2,1-4H3,(H,38,39). The molecule has 9 nitrogen and oxygen atoms in total. The zero-order valence-electron chi connectivity index (χ0n) is 26.4. The summed E-state index contributed by atoms with van der Waals surface area (Å²) >= 11 is 13.9. The lowest BCUT2D eigenvalue weighted by Gasteiger charge is -2.20. The molecule has 4 rings (SSSR count). The number of nitrogens with one attached hydrogen (secondary N) is 1. The number of nitrogens with zero attached hydrogens (tertiary/aromatic N) is 1. The summed E-state index contributed by atoms with van der Waals surface area (Å²) in [7, 11) is -3.47. The quantitative estimate of drug-likeness (QED) is 0.106. The lowest BCUT2D eigenvalue weighted by atomic mass is 9.93. The summed E-state index contributed by atoms with van der Waals surface area (Å²) in [6, 6.07) is 17.5. The van der Waals surface area contributed by atoms with E-state index >= 15 is 0 Å². The van der Waals surface area contributed by atoms with Crippen LogP contribution in [-0.2, 0) is 37.8 Å². The monoisotopic (exact) mass is 718 g/mol. The fraction of sp³-hybridized carbons (Fsp3) is 0.324. The Balaban J connectivity index is 1.38. The summed E-state index contributed by atoms with van der Waals surface area (Å²) in [5.41, 5.74) is 1.93. The van der Waals surface area contributed by atoms with E-state index in [4.69, 9.17) is 37.4 Å². The van der Waals surface area contributed by atoms with Gasteiger partial charge in [0.2, 0.25) is 0 Å². The summed E-state index contributed by atoms with van der Waals surface area (Å²) in [6.45, 7) is 8.22. The van der Waals surface area contributed by atoms with Crippen LogP contribution in [0.5, 0.6) is 11.5 Å². The van der Waals surface area contributed by atoms with Gasteiger partial charge in [0.05, 0.1) is 28.0 Å². The van der Waals surface area contributed by atoms with Crippen LogP contribution in [0.25, 0.3) is 0 Å². The summed E-state index contributed by atoms with van der Waals surface area (Å²) in [5, 5.41) is 6.02. The Hall–Kier alpha value is -3.64. The van der Waals surface area contributed by atoms with Gasteiger partial charge in [0, 0.05) is 21.4 Å². The van der Waals surface area contributed by atoms with Crippen LogP contribution in [0, 0.1) is 0 Å². The van der Waals surface area contributed by atoms with Crippen molar-refractivity contribution >= 4 is 56.3 Å². The highest BCUT2D eigenvalue weighted by Crippen LogP contribution is 2.28. The summed E-state index contributed by atoms with van der Waals surface area (Å²) in [6.07, 6.45) is -0.706. The lowest BCUT2D eigenvalue weighted by Crippen LogP contribution is -2.46. The number of aryl methyl sites for hydroxylation is 1. The number of halogens is 2. The minimum absolute atomic E-state index is 0.0588. The summed E-state index contributed by atoms with van der Waals surface area (Å²) in [4.78, 5) is 30.8. The summed E-state index contributed by atoms with van der Waals surface area (Å²) < 4.78 is 42.1. The van der Waals surface area contributed by atoms with E-state index in [1.54, 1.807) is 49.4 Å². The zero-order chi connectivity index (χ0) is 34.2. The molecule has 1 heterocycles. The number of hydrogen-bond donors (Lipinski definition) is 1. The average molecular weight is 720 g/mol. The van der Waals surface area contributed by atoms with Crippen LogP contribution in [0.2, 0.25) is 10.0 Å². The van der Waals surface area contributed by atoms with Crippen molar-refractivity contribution in [3.63, 3.8) is 0 Å². The first kappa shape index (κ1) is 36.2. The molecule has 0 bridgehead atoms. The van der Waals surface area contributed by atoms with Crippen molar-refractivity contribution in [2.75, 3.05) is 12.4 Å². The molecule has 1 N–H and O–H groups in total. The fourth-order valence-corrected chi connectivity index (χ4v) is 6.92. The van der Waals surface area contributed by atoms with Gasteiger partial charge < -0.3 is 19.5 Å². The maximum Gasteiger partial charge on any atom is 0.369 e. The van der Waals surface area contributed by atoms with Crippen LogP contribution < -0.4 is 14.8 Å². The van der Waals surface area contributed by atoms with E-state index in [-0.39, 0.29) is 45.6 Å². The zero-order valence-corrected chi connectivity index (χ0v) is 29.6. The van der Waals surface area contributed by atoms with Gasteiger partial charge in [-0.2, -0.15) is 0 Å². The van der Waals surface area contributed by atoms with Crippen molar-refractivity contribution in [2.45, 2.75) is 63.7 Å². The summed E-state index contributed by atoms with van der Waals surface area (Å²) in [5.74, 6) is -0.862. The maximum atomic E-state index is 13.2. The molecule has 13 heteroatoms. The Morgan fingerprint density at radius 1 is 1.02 bits per heavy atom. The number of carbonyl (C=O) groups excluding carboxylic acids is 2. The molecule has 0 saturated carbocycles. The Kier molecular flexibility index (Phi) is 12.3. The number of sulfone groups is 1. The molecular formula is C34H36Cl2N2O7S2. The van der Waals surface area contributed by atoms with Crippen molar-refractivity contribution in [1.29, 1.82) is 0 Å². The minimum atomic E-state index is -3.47. The second-order valence-corrected chi connectivity index (χ2v) is 15.5. The first-order chi connectivity index (χ1) is 22.2. The molecule has 3 aromatic carbocycles. The van der Waals surface area contributed by atoms with Crippen LogP contribution >= 0.6 is 34.5 Å². The smallest absolute Gasteiger partial charge is 0.369 e. The van der Waals surface area contributed by atoms with Gasteiger partial charge in [0.25, 0.3) is 12.1 Å². The SMILES string of the molecule is CCOC(=O)C(NC(=O)c1cccc(OCc2nc(C(C)(C)C)cs2)c1)Oc1ccc(CCCS(=O)(=O)c2ccc(Cl)cc2)cc1Cl. The molecule has 0 saturated heterocycles. The molecule has 4 aromatic rings. The topological polar surface area (TPSA) is 121 Å². The maximum absolute atomic E-state index is 13.2. The van der Waals surface area contributed by atoms with Gasteiger partial charge in [-0.25, -0.2) is 18.2 Å². The van der Waals surface area contributed by atoms with E-state index in [1.807, 2.05) is 5.38 Å². The number of esters is 1. The van der Waals surface area contributed by atoms with Gasteiger partial charge in [-0.3, -0.25) is 4.79 Å². The molecule has 0 radical (unpaired) electrons. The van der Waals surface area contributed by atoms with Crippen LogP contribution in [0.4, 0.5) is 0 Å². The van der Waals surface area contributed by atoms with Crippen LogP contribution in [0.1, 0.15) is 60.7 Å². The largest absolute Gasteiger partial charge is 0.486 e. The number of aromatic nitrogens is 1. The van der Waals surface area contributed by atoms with E-state index in [0.717, 1.165) is 16.3 Å². The number of carbonyl (C=O) groups is 2. The first-order valence-corrected chi connectivity index (χ1v) is 18.1. The van der Waals surface area contributed by atoms with E-state index < -0.39 is 27.9 Å². The lowest BCUT2D eigenvalue weighted by molar-refractivity contribution is -0.152. The minimum Gasteiger partial charge on any atom is -0.486 e. The molecule has 0 aliphatic heterocycles. The van der Waals surface area contributed by atoms with E-state index in [1.165, 1.54) is 35.6 Å². The number of thiazole rings is 1. The first-order valence-electron chi connectivity index (χ1n) is 14.8. The van der Waals surface area contributed by atoms with Crippen molar-refractivity contribution < 1.29 is 32.2 Å². The molecule has 0 aliphatic rings. The van der Waals surface area contributed by atoms with Gasteiger partial charge in [-0.05, 0) is 79.9 Å². The number of hydrogen-bond acceptors (Lipinski definition) is 9. The van der Waals surface area contributed by atoms with Crippen molar-refractivity contribution in [3.8, 4) is 11.5 Å². The van der Waals surface area contributed by atoms with Crippen LogP contribution in [0.15, 0.2) is 77.0 Å². The number of rotatable bonds is 14. The highest BCUT2D eigenvalue weighted by atomic mass is 35.5.